The van der Waals surface area contributed by atoms with Crippen molar-refractivity contribution in [1.82, 2.24) is 10.3 Å². The van der Waals surface area contributed by atoms with E-state index in [2.05, 4.69) is 15.6 Å². The van der Waals surface area contributed by atoms with Gasteiger partial charge in [-0.2, -0.15) is 0 Å². The molecular weight excluding hydrogens is 374 g/mol. The van der Waals surface area contributed by atoms with Gasteiger partial charge in [0.05, 0.1) is 6.26 Å². The molecule has 0 saturated heterocycles. The largest absolute Gasteiger partial charge is 0.459 e. The first-order valence-electron chi connectivity index (χ1n) is 8.63. The van der Waals surface area contributed by atoms with E-state index in [9.17, 15) is 4.79 Å². The normalized spacial score (nSPS) is 10.8. The number of carbonyl (C=O) groups is 1. The number of thiocarbonyl (C=S) groups is 1. The molecule has 0 spiro atoms. The minimum Gasteiger partial charge on any atom is -0.459 e. The molecule has 0 aliphatic rings. The molecule has 1 amide bonds. The van der Waals surface area contributed by atoms with Gasteiger partial charge in [0.1, 0.15) is 5.52 Å². The SMILES string of the molecule is Cc1ccc2nc(-c3ccc(C)c(NC(=S)NC(=O)c4ccco4)c3)oc2c1. The zero-order chi connectivity index (χ0) is 19.7. The van der Waals surface area contributed by atoms with Crippen LogP contribution in [0.4, 0.5) is 5.69 Å². The fourth-order valence-electron chi connectivity index (χ4n) is 2.77. The number of carbonyl (C=O) groups excluding carboxylic acids is 1. The van der Waals surface area contributed by atoms with Gasteiger partial charge >= 0.3 is 0 Å². The lowest BCUT2D eigenvalue weighted by atomic mass is 10.1. The first kappa shape index (κ1) is 17.9. The fraction of sp³-hybridized carbons (Fsp3) is 0.0952. The molecule has 7 heteroatoms. The zero-order valence-electron chi connectivity index (χ0n) is 15.3. The summed E-state index contributed by atoms with van der Waals surface area (Å²) in [6, 6.07) is 14.9. The first-order valence-corrected chi connectivity index (χ1v) is 9.04. The Morgan fingerprint density at radius 2 is 1.96 bits per heavy atom. The molecular formula is C21H17N3O3S. The lowest BCUT2D eigenvalue weighted by Crippen LogP contribution is -2.34. The molecule has 6 nitrogen and oxygen atoms in total. The Labute approximate surface area is 166 Å². The van der Waals surface area contributed by atoms with Crippen molar-refractivity contribution in [3.8, 4) is 11.5 Å². The van der Waals surface area contributed by atoms with Gasteiger partial charge in [-0.3, -0.25) is 10.1 Å². The van der Waals surface area contributed by atoms with Crippen LogP contribution in [0.2, 0.25) is 0 Å². The summed E-state index contributed by atoms with van der Waals surface area (Å²) in [7, 11) is 0. The molecule has 2 aromatic heterocycles. The van der Waals surface area contributed by atoms with Crippen molar-refractivity contribution in [3.63, 3.8) is 0 Å². The second-order valence-corrected chi connectivity index (χ2v) is 6.81. The zero-order valence-corrected chi connectivity index (χ0v) is 16.1. The van der Waals surface area contributed by atoms with Gasteiger partial charge in [-0.05, 0) is 73.6 Å². The third-order valence-corrected chi connectivity index (χ3v) is 4.45. The van der Waals surface area contributed by atoms with Crippen LogP contribution in [0.3, 0.4) is 0 Å². The second kappa shape index (κ2) is 7.28. The number of fused-ring (bicyclic) bond motifs is 1. The van der Waals surface area contributed by atoms with Crippen LogP contribution >= 0.6 is 12.2 Å². The van der Waals surface area contributed by atoms with Crippen molar-refractivity contribution >= 4 is 40.0 Å². The molecule has 2 N–H and O–H groups in total. The molecule has 0 saturated carbocycles. The lowest BCUT2D eigenvalue weighted by Gasteiger charge is -2.12. The molecule has 28 heavy (non-hydrogen) atoms. The summed E-state index contributed by atoms with van der Waals surface area (Å²) in [5.74, 6) is 0.302. The van der Waals surface area contributed by atoms with Gasteiger partial charge < -0.3 is 14.2 Å². The highest BCUT2D eigenvalue weighted by atomic mass is 32.1. The van der Waals surface area contributed by atoms with Crippen LogP contribution in [0.1, 0.15) is 21.7 Å². The molecule has 0 fully saturated rings. The maximum Gasteiger partial charge on any atom is 0.293 e. The number of anilines is 1. The van der Waals surface area contributed by atoms with Crippen molar-refractivity contribution in [2.24, 2.45) is 0 Å². The van der Waals surface area contributed by atoms with Crippen LogP contribution in [0.25, 0.3) is 22.6 Å². The quantitative estimate of drug-likeness (QED) is 0.487. The summed E-state index contributed by atoms with van der Waals surface area (Å²) in [6.45, 7) is 3.95. The number of hydrogen-bond donors (Lipinski definition) is 2. The van der Waals surface area contributed by atoms with Crippen molar-refractivity contribution in [3.05, 3.63) is 71.7 Å². The molecule has 0 aliphatic heterocycles. The number of oxazole rings is 1. The number of nitrogens with one attached hydrogen (secondary N) is 2. The molecule has 0 unspecified atom stereocenters. The summed E-state index contributed by atoms with van der Waals surface area (Å²) in [5, 5.41) is 5.81. The van der Waals surface area contributed by atoms with Crippen molar-refractivity contribution in [1.29, 1.82) is 0 Å². The average Bonchev–Trinajstić information content (AvgIpc) is 3.32. The number of amides is 1. The van der Waals surface area contributed by atoms with Crippen LogP contribution in [-0.2, 0) is 0 Å². The highest BCUT2D eigenvalue weighted by Gasteiger charge is 2.13. The van der Waals surface area contributed by atoms with E-state index in [4.69, 9.17) is 21.1 Å². The predicted octanol–water partition coefficient (Wildman–Crippen LogP) is 4.83. The van der Waals surface area contributed by atoms with E-state index >= 15 is 0 Å². The number of benzene rings is 2. The third kappa shape index (κ3) is 3.65. The minimum absolute atomic E-state index is 0.176. The van der Waals surface area contributed by atoms with Crippen LogP contribution in [-0.4, -0.2) is 16.0 Å². The van der Waals surface area contributed by atoms with Crippen molar-refractivity contribution in [2.75, 3.05) is 5.32 Å². The molecule has 2 heterocycles. The van der Waals surface area contributed by atoms with Gasteiger partial charge in [-0.25, -0.2) is 4.98 Å². The molecule has 0 aliphatic carbocycles. The standard InChI is InChI=1S/C21H17N3O3S/c1-12-5-8-15-18(10-12)27-20(22-15)14-7-6-13(2)16(11-14)23-21(28)24-19(25)17-4-3-9-26-17/h3-11H,1-2H3,(H2,23,24,25,28). The number of rotatable bonds is 3. The minimum atomic E-state index is -0.411. The molecule has 4 aromatic rings. The van der Waals surface area contributed by atoms with Gasteiger partial charge in [0, 0.05) is 11.3 Å². The molecule has 140 valence electrons. The summed E-state index contributed by atoms with van der Waals surface area (Å²) in [6.07, 6.45) is 1.43. The average molecular weight is 391 g/mol. The topological polar surface area (TPSA) is 80.3 Å². The van der Waals surface area contributed by atoms with Gasteiger partial charge in [0.25, 0.3) is 5.91 Å². The van der Waals surface area contributed by atoms with E-state index in [-0.39, 0.29) is 10.9 Å². The van der Waals surface area contributed by atoms with Crippen molar-refractivity contribution < 1.29 is 13.6 Å². The Morgan fingerprint density at radius 3 is 2.75 bits per heavy atom. The van der Waals surface area contributed by atoms with Gasteiger partial charge in [-0.15, -0.1) is 0 Å². The van der Waals surface area contributed by atoms with E-state index < -0.39 is 5.91 Å². The van der Waals surface area contributed by atoms with Crippen LogP contribution in [0.15, 0.2) is 63.6 Å². The third-order valence-electron chi connectivity index (χ3n) is 4.25. The van der Waals surface area contributed by atoms with Crippen LogP contribution in [0, 0.1) is 13.8 Å². The molecule has 0 radical (unpaired) electrons. The molecule has 0 atom stereocenters. The second-order valence-electron chi connectivity index (χ2n) is 6.41. The lowest BCUT2D eigenvalue weighted by molar-refractivity contribution is 0.0950. The predicted molar refractivity (Wildman–Crippen MR) is 111 cm³/mol. The number of aromatic nitrogens is 1. The highest BCUT2D eigenvalue weighted by Crippen LogP contribution is 2.28. The first-order chi connectivity index (χ1) is 13.5. The number of nitrogens with zero attached hydrogens (tertiary/aromatic N) is 1. The summed E-state index contributed by atoms with van der Waals surface area (Å²) >= 11 is 5.25. The molecule has 0 bridgehead atoms. The van der Waals surface area contributed by atoms with E-state index in [1.165, 1.54) is 6.26 Å². The van der Waals surface area contributed by atoms with Crippen molar-refractivity contribution in [2.45, 2.75) is 13.8 Å². The molecule has 4 rings (SSSR count). The van der Waals surface area contributed by atoms with E-state index in [0.717, 1.165) is 33.5 Å². The Kier molecular flexibility index (Phi) is 4.67. The van der Waals surface area contributed by atoms with E-state index in [0.29, 0.717) is 5.89 Å². The number of hydrogen-bond acceptors (Lipinski definition) is 5. The van der Waals surface area contributed by atoms with Crippen LogP contribution in [0.5, 0.6) is 0 Å². The number of furan rings is 1. The highest BCUT2D eigenvalue weighted by molar-refractivity contribution is 7.80. The Balaban J connectivity index is 1.56. The smallest absolute Gasteiger partial charge is 0.293 e. The maximum atomic E-state index is 12.0. The summed E-state index contributed by atoms with van der Waals surface area (Å²) < 4.78 is 11.0. The Hall–Kier alpha value is -3.45. The van der Waals surface area contributed by atoms with Gasteiger partial charge in [-0.1, -0.05) is 12.1 Å². The van der Waals surface area contributed by atoms with Gasteiger partial charge in [0.15, 0.2) is 16.5 Å². The summed E-state index contributed by atoms with van der Waals surface area (Å²) in [4.78, 5) is 16.6. The Morgan fingerprint density at radius 1 is 1.11 bits per heavy atom. The summed E-state index contributed by atoms with van der Waals surface area (Å²) in [5.41, 5.74) is 5.18. The fourth-order valence-corrected chi connectivity index (χ4v) is 2.97. The van der Waals surface area contributed by atoms with E-state index in [1.807, 2.05) is 50.2 Å². The number of aryl methyl sites for hydroxylation is 2. The molecule has 2 aromatic carbocycles. The van der Waals surface area contributed by atoms with E-state index in [1.54, 1.807) is 12.1 Å². The van der Waals surface area contributed by atoms with Gasteiger partial charge in [0.2, 0.25) is 5.89 Å². The maximum absolute atomic E-state index is 12.0. The Bertz CT molecular complexity index is 1180. The monoisotopic (exact) mass is 391 g/mol. The van der Waals surface area contributed by atoms with Crippen LogP contribution < -0.4 is 10.6 Å².